The summed E-state index contributed by atoms with van der Waals surface area (Å²) in [5.74, 6) is -1.50. The van der Waals surface area contributed by atoms with E-state index in [9.17, 15) is 14.4 Å². The lowest BCUT2D eigenvalue weighted by Gasteiger charge is -2.14. The molecular weight excluding hydrogens is 312 g/mol. The summed E-state index contributed by atoms with van der Waals surface area (Å²) in [6, 6.07) is 6.39. The van der Waals surface area contributed by atoms with E-state index < -0.39 is 17.9 Å². The zero-order chi connectivity index (χ0) is 17.2. The van der Waals surface area contributed by atoms with E-state index >= 15 is 0 Å². The minimum atomic E-state index is -0.544. The average molecular weight is 328 g/mol. The third-order valence-electron chi connectivity index (χ3n) is 3.12. The van der Waals surface area contributed by atoms with Crippen LogP contribution in [0, 0.1) is 5.92 Å². The summed E-state index contributed by atoms with van der Waals surface area (Å²) in [7, 11) is 0. The van der Waals surface area contributed by atoms with Crippen molar-refractivity contribution in [2.24, 2.45) is 5.92 Å². The number of rotatable bonds is 8. The van der Waals surface area contributed by atoms with Crippen molar-refractivity contribution in [3.05, 3.63) is 60.2 Å². The van der Waals surface area contributed by atoms with Gasteiger partial charge < -0.3 is 14.3 Å². The normalized spacial score (nSPS) is 10.2. The van der Waals surface area contributed by atoms with Crippen LogP contribution in [0.15, 0.2) is 49.1 Å². The second kappa shape index (κ2) is 9.14. The highest BCUT2D eigenvalue weighted by Gasteiger charge is 2.16. The van der Waals surface area contributed by atoms with Crippen molar-refractivity contribution in [1.29, 1.82) is 0 Å². The molecule has 2 aromatic rings. The van der Waals surface area contributed by atoms with Crippen molar-refractivity contribution >= 4 is 18.2 Å². The van der Waals surface area contributed by atoms with Crippen LogP contribution >= 0.6 is 0 Å². The van der Waals surface area contributed by atoms with E-state index in [0.717, 1.165) is 0 Å². The van der Waals surface area contributed by atoms with Crippen LogP contribution in [0.5, 0.6) is 0 Å². The number of carbonyl (C=O) groups is 3. The molecule has 0 aliphatic rings. The maximum Gasteiger partial charge on any atom is 0.339 e. The molecule has 0 saturated heterocycles. The first-order chi connectivity index (χ1) is 11.7. The molecule has 0 unspecified atom stereocenters. The lowest BCUT2D eigenvalue weighted by molar-refractivity contribution is -0.109. The van der Waals surface area contributed by atoms with Crippen LogP contribution < -0.4 is 0 Å². The van der Waals surface area contributed by atoms with Gasteiger partial charge in [-0.1, -0.05) is 0 Å². The predicted molar refractivity (Wildman–Crippen MR) is 83.2 cm³/mol. The molecule has 0 saturated carbocycles. The molecule has 24 heavy (non-hydrogen) atoms. The van der Waals surface area contributed by atoms with Crippen LogP contribution in [0.2, 0.25) is 0 Å². The molecule has 0 atom stereocenters. The molecule has 0 aliphatic carbocycles. The van der Waals surface area contributed by atoms with Gasteiger partial charge in [0.25, 0.3) is 0 Å². The van der Waals surface area contributed by atoms with Crippen molar-refractivity contribution in [2.75, 3.05) is 13.2 Å². The first-order valence-corrected chi connectivity index (χ1v) is 7.28. The van der Waals surface area contributed by atoms with Gasteiger partial charge in [-0.3, -0.25) is 9.97 Å². The summed E-state index contributed by atoms with van der Waals surface area (Å²) in [5, 5.41) is 0. The Labute approximate surface area is 138 Å². The van der Waals surface area contributed by atoms with Gasteiger partial charge in [0.1, 0.15) is 6.29 Å². The van der Waals surface area contributed by atoms with Gasteiger partial charge >= 0.3 is 11.9 Å². The Balaban J connectivity index is 1.84. The Morgan fingerprint density at radius 2 is 1.46 bits per heavy atom. The van der Waals surface area contributed by atoms with Gasteiger partial charge in [0, 0.05) is 37.1 Å². The molecular formula is C17H16N2O5. The number of carbonyl (C=O) groups excluding carboxylic acids is 3. The van der Waals surface area contributed by atoms with E-state index in [0.29, 0.717) is 17.4 Å². The Bertz CT molecular complexity index is 620. The Hall–Kier alpha value is -3.09. The summed E-state index contributed by atoms with van der Waals surface area (Å²) in [6.07, 6.45) is 6.67. The van der Waals surface area contributed by atoms with Crippen molar-refractivity contribution < 1.29 is 23.9 Å². The molecule has 7 nitrogen and oxygen atoms in total. The predicted octanol–water partition coefficient (Wildman–Crippen LogP) is 1.70. The number of hydrogen-bond acceptors (Lipinski definition) is 7. The Morgan fingerprint density at radius 1 is 0.958 bits per heavy atom. The molecule has 2 rings (SSSR count). The maximum absolute atomic E-state index is 11.8. The first-order valence-electron chi connectivity index (χ1n) is 7.28. The topological polar surface area (TPSA) is 95.5 Å². The van der Waals surface area contributed by atoms with Gasteiger partial charge in [-0.2, -0.15) is 0 Å². The van der Waals surface area contributed by atoms with Crippen LogP contribution in [-0.2, 0) is 14.3 Å². The number of aldehydes is 1. The highest BCUT2D eigenvalue weighted by atomic mass is 16.5. The van der Waals surface area contributed by atoms with Crippen LogP contribution in [0.1, 0.15) is 27.1 Å². The number of nitrogens with zero attached hydrogens (tertiary/aromatic N) is 2. The fraction of sp³-hybridized carbons (Fsp3) is 0.235. The van der Waals surface area contributed by atoms with Gasteiger partial charge in [-0.05, 0) is 24.3 Å². The molecule has 7 heteroatoms. The highest BCUT2D eigenvalue weighted by Crippen LogP contribution is 2.08. The van der Waals surface area contributed by atoms with Crippen molar-refractivity contribution in [1.82, 2.24) is 9.97 Å². The van der Waals surface area contributed by atoms with Crippen LogP contribution in [0.3, 0.4) is 0 Å². The molecule has 0 spiro atoms. The quantitative estimate of drug-likeness (QED) is 0.537. The van der Waals surface area contributed by atoms with Crippen molar-refractivity contribution in [3.8, 4) is 0 Å². The second-order valence-corrected chi connectivity index (χ2v) is 4.95. The molecule has 0 bridgehead atoms. The number of aromatic nitrogens is 2. The van der Waals surface area contributed by atoms with E-state index in [-0.39, 0.29) is 19.6 Å². The summed E-state index contributed by atoms with van der Waals surface area (Å²) in [6.45, 7) is -0.0699. The van der Waals surface area contributed by atoms with E-state index in [1.807, 2.05) is 0 Å². The fourth-order valence-corrected chi connectivity index (χ4v) is 1.84. The minimum Gasteiger partial charge on any atom is -0.462 e. The zero-order valence-corrected chi connectivity index (χ0v) is 12.8. The molecule has 0 aliphatic heterocycles. The van der Waals surface area contributed by atoms with Crippen LogP contribution in [0.25, 0.3) is 0 Å². The number of esters is 2. The van der Waals surface area contributed by atoms with E-state index in [1.165, 1.54) is 12.4 Å². The van der Waals surface area contributed by atoms with E-state index in [1.54, 1.807) is 36.7 Å². The number of hydrogen-bond donors (Lipinski definition) is 0. The minimum absolute atomic E-state index is 0.0349. The number of ether oxygens (including phenoxy) is 2. The summed E-state index contributed by atoms with van der Waals surface area (Å²) in [5.41, 5.74) is 0.629. The van der Waals surface area contributed by atoms with Gasteiger partial charge in [0.15, 0.2) is 0 Å². The zero-order valence-electron chi connectivity index (χ0n) is 12.8. The molecule has 2 aromatic heterocycles. The Morgan fingerprint density at radius 3 is 1.83 bits per heavy atom. The van der Waals surface area contributed by atoms with Crippen molar-refractivity contribution in [3.63, 3.8) is 0 Å². The second-order valence-electron chi connectivity index (χ2n) is 4.95. The molecule has 0 N–H and O–H groups in total. The third kappa shape index (κ3) is 5.28. The summed E-state index contributed by atoms with van der Waals surface area (Å²) >= 11 is 0. The third-order valence-corrected chi connectivity index (χ3v) is 3.12. The van der Waals surface area contributed by atoms with Gasteiger partial charge in [0.2, 0.25) is 0 Å². The molecule has 0 fully saturated rings. The maximum atomic E-state index is 11.8. The van der Waals surface area contributed by atoms with E-state index in [2.05, 4.69) is 9.97 Å². The van der Waals surface area contributed by atoms with E-state index in [4.69, 9.17) is 9.47 Å². The lowest BCUT2D eigenvalue weighted by Crippen LogP contribution is -2.21. The molecule has 124 valence electrons. The smallest absolute Gasteiger partial charge is 0.339 e. The standard InChI is InChI=1S/C17H16N2O5/c20-8-5-13(11-23-16(21)14-3-1-6-18-9-14)12-24-17(22)15-4-2-7-19-10-15/h1-4,6-10,13H,5,11-12H2. The van der Waals surface area contributed by atoms with Gasteiger partial charge in [0.05, 0.1) is 24.3 Å². The highest BCUT2D eigenvalue weighted by molar-refractivity contribution is 5.89. The molecule has 0 radical (unpaired) electrons. The summed E-state index contributed by atoms with van der Waals surface area (Å²) < 4.78 is 10.3. The monoisotopic (exact) mass is 328 g/mol. The largest absolute Gasteiger partial charge is 0.462 e. The van der Waals surface area contributed by atoms with Gasteiger partial charge in [-0.15, -0.1) is 0 Å². The molecule has 2 heterocycles. The average Bonchev–Trinajstić information content (AvgIpc) is 2.65. The molecule has 0 amide bonds. The number of pyridine rings is 2. The molecule has 0 aromatic carbocycles. The Kier molecular flexibility index (Phi) is 6.58. The lowest BCUT2D eigenvalue weighted by atomic mass is 10.1. The first kappa shape index (κ1) is 17.3. The van der Waals surface area contributed by atoms with Crippen molar-refractivity contribution in [2.45, 2.75) is 6.42 Å². The van der Waals surface area contributed by atoms with Crippen LogP contribution in [-0.4, -0.2) is 41.4 Å². The van der Waals surface area contributed by atoms with Gasteiger partial charge in [-0.25, -0.2) is 9.59 Å². The summed E-state index contributed by atoms with van der Waals surface area (Å²) in [4.78, 5) is 42.1. The van der Waals surface area contributed by atoms with Crippen LogP contribution in [0.4, 0.5) is 0 Å². The SMILES string of the molecule is O=CCC(COC(=O)c1cccnc1)COC(=O)c1cccnc1. The fourth-order valence-electron chi connectivity index (χ4n) is 1.84.